The lowest BCUT2D eigenvalue weighted by Gasteiger charge is -2.04. The third-order valence-corrected chi connectivity index (χ3v) is 3.06. The summed E-state index contributed by atoms with van der Waals surface area (Å²) in [5.41, 5.74) is 0.766. The minimum atomic E-state index is -0.137. The van der Waals surface area contributed by atoms with Gasteiger partial charge in [0.15, 0.2) is 0 Å². The van der Waals surface area contributed by atoms with Crippen molar-refractivity contribution >= 4 is 5.97 Å². The largest absolute Gasteiger partial charge is 0.462 e. The van der Waals surface area contributed by atoms with Gasteiger partial charge >= 0.3 is 5.97 Å². The van der Waals surface area contributed by atoms with E-state index in [2.05, 4.69) is 13.8 Å². The van der Waals surface area contributed by atoms with Crippen LogP contribution in [0.15, 0.2) is 11.6 Å². The number of allylic oxidation sites excluding steroid dienone is 1. The van der Waals surface area contributed by atoms with E-state index in [9.17, 15) is 4.79 Å². The van der Waals surface area contributed by atoms with E-state index in [1.165, 1.54) is 38.5 Å². The van der Waals surface area contributed by atoms with E-state index in [0.29, 0.717) is 6.61 Å². The van der Waals surface area contributed by atoms with Crippen molar-refractivity contribution in [3.63, 3.8) is 0 Å². The third-order valence-electron chi connectivity index (χ3n) is 3.06. The third kappa shape index (κ3) is 10.4. The van der Waals surface area contributed by atoms with Crippen molar-refractivity contribution in [2.75, 3.05) is 6.61 Å². The Hall–Kier alpha value is -0.790. The van der Waals surface area contributed by atoms with Crippen LogP contribution in [-0.4, -0.2) is 12.6 Å². The van der Waals surface area contributed by atoms with Gasteiger partial charge in [0.1, 0.15) is 0 Å². The Bertz CT molecular complexity index is 231. The van der Waals surface area contributed by atoms with Crippen LogP contribution in [0.2, 0.25) is 0 Å². The molecule has 0 rings (SSSR count). The zero-order valence-electron chi connectivity index (χ0n) is 12.5. The number of rotatable bonds is 11. The van der Waals surface area contributed by atoms with Gasteiger partial charge in [-0.15, -0.1) is 0 Å². The van der Waals surface area contributed by atoms with Crippen LogP contribution in [-0.2, 0) is 9.53 Å². The van der Waals surface area contributed by atoms with Gasteiger partial charge in [-0.1, -0.05) is 58.4 Å². The summed E-state index contributed by atoms with van der Waals surface area (Å²) in [5.74, 6) is -0.137. The monoisotopic (exact) mass is 254 g/mol. The molecule has 0 aliphatic rings. The van der Waals surface area contributed by atoms with Gasteiger partial charge in [0, 0.05) is 5.57 Å². The molecule has 0 aromatic carbocycles. The topological polar surface area (TPSA) is 26.3 Å². The van der Waals surface area contributed by atoms with E-state index >= 15 is 0 Å². The van der Waals surface area contributed by atoms with Crippen molar-refractivity contribution < 1.29 is 9.53 Å². The number of unbranched alkanes of at least 4 members (excludes halogenated alkanes) is 7. The average Bonchev–Trinajstić information content (AvgIpc) is 2.37. The van der Waals surface area contributed by atoms with E-state index < -0.39 is 0 Å². The SMILES string of the molecule is CCCCCCC=C(C)C(=O)OCCCCCC. The second-order valence-electron chi connectivity index (χ2n) is 4.93. The van der Waals surface area contributed by atoms with E-state index in [1.807, 2.05) is 13.0 Å². The van der Waals surface area contributed by atoms with Gasteiger partial charge in [0.25, 0.3) is 0 Å². The van der Waals surface area contributed by atoms with Crippen LogP contribution in [0.25, 0.3) is 0 Å². The second-order valence-corrected chi connectivity index (χ2v) is 4.93. The molecule has 0 radical (unpaired) electrons. The molecule has 0 aliphatic carbocycles. The summed E-state index contributed by atoms with van der Waals surface area (Å²) in [4.78, 5) is 11.6. The van der Waals surface area contributed by atoms with Crippen molar-refractivity contribution in [2.45, 2.75) is 78.6 Å². The van der Waals surface area contributed by atoms with Gasteiger partial charge in [-0.05, 0) is 26.2 Å². The molecule has 2 heteroatoms. The van der Waals surface area contributed by atoms with Crippen LogP contribution in [0, 0.1) is 0 Å². The average molecular weight is 254 g/mol. The highest BCUT2D eigenvalue weighted by Crippen LogP contribution is 2.07. The van der Waals surface area contributed by atoms with Crippen LogP contribution >= 0.6 is 0 Å². The predicted molar refractivity (Wildman–Crippen MR) is 77.6 cm³/mol. The minimum absolute atomic E-state index is 0.137. The van der Waals surface area contributed by atoms with Crippen LogP contribution < -0.4 is 0 Å². The molecule has 0 aromatic heterocycles. The first kappa shape index (κ1) is 17.2. The van der Waals surface area contributed by atoms with Crippen LogP contribution in [0.3, 0.4) is 0 Å². The van der Waals surface area contributed by atoms with Gasteiger partial charge < -0.3 is 4.74 Å². The molecule has 0 amide bonds. The smallest absolute Gasteiger partial charge is 0.333 e. The van der Waals surface area contributed by atoms with E-state index in [-0.39, 0.29) is 5.97 Å². The molecule has 0 heterocycles. The van der Waals surface area contributed by atoms with Gasteiger partial charge in [-0.2, -0.15) is 0 Å². The quantitative estimate of drug-likeness (QED) is 0.294. The maximum atomic E-state index is 11.6. The van der Waals surface area contributed by atoms with E-state index in [1.54, 1.807) is 0 Å². The molecule has 0 bridgehead atoms. The number of ether oxygens (including phenoxy) is 1. The van der Waals surface area contributed by atoms with Gasteiger partial charge in [0.2, 0.25) is 0 Å². The first-order chi connectivity index (χ1) is 8.72. The lowest BCUT2D eigenvalue weighted by atomic mass is 10.1. The molecule has 0 fully saturated rings. The summed E-state index contributed by atoms with van der Waals surface area (Å²) < 4.78 is 5.22. The fourth-order valence-corrected chi connectivity index (χ4v) is 1.78. The molecule has 0 aliphatic heterocycles. The Labute approximate surface area is 113 Å². The van der Waals surface area contributed by atoms with Crippen molar-refractivity contribution in [3.8, 4) is 0 Å². The predicted octanol–water partition coefficient (Wildman–Crippen LogP) is 5.03. The summed E-state index contributed by atoms with van der Waals surface area (Å²) in [7, 11) is 0. The molecule has 0 saturated carbocycles. The summed E-state index contributed by atoms with van der Waals surface area (Å²) >= 11 is 0. The highest BCUT2D eigenvalue weighted by Gasteiger charge is 2.04. The molecule has 0 spiro atoms. The fraction of sp³-hybridized carbons (Fsp3) is 0.812. The van der Waals surface area contributed by atoms with Gasteiger partial charge in [0.05, 0.1) is 6.61 Å². The van der Waals surface area contributed by atoms with E-state index in [0.717, 1.165) is 24.8 Å². The lowest BCUT2D eigenvalue weighted by Crippen LogP contribution is -2.07. The molecule has 0 N–H and O–H groups in total. The Balaban J connectivity index is 3.58. The highest BCUT2D eigenvalue weighted by atomic mass is 16.5. The normalized spacial score (nSPS) is 11.6. The second kappa shape index (κ2) is 12.7. The number of carbonyl (C=O) groups is 1. The Morgan fingerprint density at radius 1 is 0.944 bits per heavy atom. The first-order valence-corrected chi connectivity index (χ1v) is 7.56. The molecule has 0 atom stereocenters. The molecule has 18 heavy (non-hydrogen) atoms. The van der Waals surface area contributed by atoms with Crippen molar-refractivity contribution in [1.82, 2.24) is 0 Å². The fourth-order valence-electron chi connectivity index (χ4n) is 1.78. The number of esters is 1. The summed E-state index contributed by atoms with van der Waals surface area (Å²) in [6, 6.07) is 0. The van der Waals surface area contributed by atoms with Crippen molar-refractivity contribution in [1.29, 1.82) is 0 Å². The summed E-state index contributed by atoms with van der Waals surface area (Å²) in [5, 5.41) is 0. The van der Waals surface area contributed by atoms with Crippen LogP contribution in [0.4, 0.5) is 0 Å². The van der Waals surface area contributed by atoms with Crippen LogP contribution in [0.1, 0.15) is 78.6 Å². The maximum absolute atomic E-state index is 11.6. The molecule has 2 nitrogen and oxygen atoms in total. The molecule has 0 aromatic rings. The molecule has 0 unspecified atom stereocenters. The summed E-state index contributed by atoms with van der Waals surface area (Å²) in [6.07, 6.45) is 12.6. The molecule has 106 valence electrons. The molecule has 0 saturated heterocycles. The zero-order valence-corrected chi connectivity index (χ0v) is 12.5. The number of hydrogen-bond donors (Lipinski definition) is 0. The van der Waals surface area contributed by atoms with Crippen LogP contribution in [0.5, 0.6) is 0 Å². The number of hydrogen-bond acceptors (Lipinski definition) is 2. The molecular formula is C16H30O2. The lowest BCUT2D eigenvalue weighted by molar-refractivity contribution is -0.139. The standard InChI is InChI=1S/C16H30O2/c1-4-6-8-10-11-13-15(3)16(17)18-14-12-9-7-5-2/h13H,4-12,14H2,1-3H3. The van der Waals surface area contributed by atoms with E-state index in [4.69, 9.17) is 4.74 Å². The van der Waals surface area contributed by atoms with Gasteiger partial charge in [-0.3, -0.25) is 0 Å². The van der Waals surface area contributed by atoms with Gasteiger partial charge in [-0.25, -0.2) is 4.79 Å². The zero-order chi connectivity index (χ0) is 13.6. The molecular weight excluding hydrogens is 224 g/mol. The minimum Gasteiger partial charge on any atom is -0.462 e. The number of carbonyl (C=O) groups excluding carboxylic acids is 1. The first-order valence-electron chi connectivity index (χ1n) is 7.56. The van der Waals surface area contributed by atoms with Crippen molar-refractivity contribution in [3.05, 3.63) is 11.6 Å². The Morgan fingerprint density at radius 3 is 2.17 bits per heavy atom. The summed E-state index contributed by atoms with van der Waals surface area (Å²) in [6.45, 7) is 6.81. The Kier molecular flexibility index (Phi) is 12.1. The maximum Gasteiger partial charge on any atom is 0.333 e. The van der Waals surface area contributed by atoms with Crippen molar-refractivity contribution in [2.24, 2.45) is 0 Å². The highest BCUT2D eigenvalue weighted by molar-refractivity contribution is 5.87. The Morgan fingerprint density at radius 2 is 1.56 bits per heavy atom.